The van der Waals surface area contributed by atoms with Crippen LogP contribution in [0.5, 0.6) is 0 Å². The smallest absolute Gasteiger partial charge is 0.188 e. The van der Waals surface area contributed by atoms with Crippen molar-refractivity contribution in [1.29, 1.82) is 0 Å². The Kier molecular flexibility index (Phi) is 3.69. The molecule has 5 heteroatoms. The van der Waals surface area contributed by atoms with Crippen LogP contribution in [-0.2, 0) is 0 Å². The maximum absolute atomic E-state index is 8.68. The third kappa shape index (κ3) is 2.55. The number of aromatic nitrogens is 1. The van der Waals surface area contributed by atoms with E-state index in [9.17, 15) is 0 Å². The lowest BCUT2D eigenvalue weighted by atomic mass is 9.89. The Hall–Kier alpha value is -1.78. The number of amidine groups is 1. The second-order valence-corrected chi connectivity index (χ2v) is 5.06. The highest BCUT2D eigenvalue weighted by molar-refractivity contribution is 5.95. The molecule has 3 N–H and O–H groups in total. The van der Waals surface area contributed by atoms with E-state index in [4.69, 9.17) is 10.9 Å². The molecule has 0 saturated carbocycles. The van der Waals surface area contributed by atoms with Gasteiger partial charge < -0.3 is 15.8 Å². The van der Waals surface area contributed by atoms with E-state index in [-0.39, 0.29) is 5.84 Å². The number of pyridine rings is 1. The van der Waals surface area contributed by atoms with E-state index in [2.05, 4.69) is 28.9 Å². The van der Waals surface area contributed by atoms with Gasteiger partial charge in [0.1, 0.15) is 11.5 Å². The van der Waals surface area contributed by atoms with Gasteiger partial charge in [-0.25, -0.2) is 4.98 Å². The third-order valence-electron chi connectivity index (χ3n) is 3.76. The van der Waals surface area contributed by atoms with Crippen LogP contribution in [0.3, 0.4) is 0 Å². The van der Waals surface area contributed by atoms with Crippen LogP contribution in [-0.4, -0.2) is 29.1 Å². The van der Waals surface area contributed by atoms with E-state index in [1.165, 1.54) is 6.42 Å². The summed E-state index contributed by atoms with van der Waals surface area (Å²) in [4.78, 5) is 6.70. The fourth-order valence-electron chi connectivity index (χ4n) is 2.26. The maximum Gasteiger partial charge on any atom is 0.188 e. The van der Waals surface area contributed by atoms with Crippen LogP contribution in [0.1, 0.15) is 26.0 Å². The van der Waals surface area contributed by atoms with Gasteiger partial charge in [-0.05, 0) is 30.4 Å². The highest BCUT2D eigenvalue weighted by atomic mass is 16.4. The molecule has 1 saturated heterocycles. The number of nitrogens with two attached hydrogens (primary N) is 1. The summed E-state index contributed by atoms with van der Waals surface area (Å²) in [6.45, 7) is 6.58. The van der Waals surface area contributed by atoms with Gasteiger partial charge in [0.05, 0.1) is 0 Å². The minimum absolute atomic E-state index is 0.0512. The number of piperidine rings is 1. The largest absolute Gasteiger partial charge is 0.409 e. The van der Waals surface area contributed by atoms with Crippen LogP contribution < -0.4 is 10.6 Å². The van der Waals surface area contributed by atoms with Crippen molar-refractivity contribution in [2.75, 3.05) is 18.0 Å². The second kappa shape index (κ2) is 5.25. The number of anilines is 1. The van der Waals surface area contributed by atoms with Gasteiger partial charge in [-0.2, -0.15) is 0 Å². The van der Waals surface area contributed by atoms with E-state index >= 15 is 0 Å². The molecule has 2 unspecified atom stereocenters. The number of rotatable bonds is 2. The molecule has 1 fully saturated rings. The van der Waals surface area contributed by atoms with Crippen LogP contribution in [0.25, 0.3) is 0 Å². The summed E-state index contributed by atoms with van der Waals surface area (Å²) in [5, 5.41) is 11.7. The van der Waals surface area contributed by atoms with Crippen molar-refractivity contribution in [2.24, 2.45) is 22.7 Å². The van der Waals surface area contributed by atoms with Crippen LogP contribution in [0, 0.1) is 11.8 Å². The molecule has 0 aromatic carbocycles. The molecule has 1 aromatic heterocycles. The Balaban J connectivity index is 2.19. The lowest BCUT2D eigenvalue weighted by Crippen LogP contribution is -2.39. The topological polar surface area (TPSA) is 74.7 Å². The predicted molar refractivity (Wildman–Crippen MR) is 71.9 cm³/mol. The molecule has 2 rings (SSSR count). The van der Waals surface area contributed by atoms with Crippen LogP contribution in [0.2, 0.25) is 0 Å². The Morgan fingerprint density at radius 3 is 2.89 bits per heavy atom. The van der Waals surface area contributed by atoms with Gasteiger partial charge >= 0.3 is 0 Å². The molecular formula is C13H20N4O. The summed E-state index contributed by atoms with van der Waals surface area (Å²) < 4.78 is 0. The average molecular weight is 248 g/mol. The average Bonchev–Trinajstić information content (AvgIpc) is 2.41. The SMILES string of the molecule is CC1CCN(c2cccc(/C(N)=N/O)n2)CC1C. The molecule has 0 bridgehead atoms. The zero-order valence-corrected chi connectivity index (χ0v) is 10.9. The van der Waals surface area contributed by atoms with Gasteiger partial charge in [0.2, 0.25) is 0 Å². The first-order valence-electron chi connectivity index (χ1n) is 6.31. The van der Waals surface area contributed by atoms with E-state index < -0.39 is 0 Å². The lowest BCUT2D eigenvalue weighted by molar-refractivity contribution is 0.318. The molecular weight excluding hydrogens is 228 g/mol. The van der Waals surface area contributed by atoms with Gasteiger partial charge in [0.25, 0.3) is 0 Å². The quantitative estimate of drug-likeness (QED) is 0.361. The van der Waals surface area contributed by atoms with Gasteiger partial charge in [-0.15, -0.1) is 0 Å². The van der Waals surface area contributed by atoms with Crippen molar-refractivity contribution in [2.45, 2.75) is 20.3 Å². The van der Waals surface area contributed by atoms with Crippen molar-refractivity contribution in [3.05, 3.63) is 23.9 Å². The Bertz CT molecular complexity index is 446. The van der Waals surface area contributed by atoms with Crippen LogP contribution in [0.15, 0.2) is 23.4 Å². The molecule has 0 radical (unpaired) electrons. The lowest BCUT2D eigenvalue weighted by Gasteiger charge is -2.36. The van der Waals surface area contributed by atoms with Crippen LogP contribution >= 0.6 is 0 Å². The van der Waals surface area contributed by atoms with E-state index in [0.29, 0.717) is 11.6 Å². The molecule has 0 amide bonds. The number of hydrogen-bond donors (Lipinski definition) is 2. The zero-order valence-electron chi connectivity index (χ0n) is 10.9. The Morgan fingerprint density at radius 1 is 1.44 bits per heavy atom. The number of oxime groups is 1. The van der Waals surface area contributed by atoms with Gasteiger partial charge in [-0.3, -0.25) is 0 Å². The standard InChI is InChI=1S/C13H20N4O/c1-9-6-7-17(8-10(9)2)12-5-3-4-11(15-12)13(14)16-18/h3-5,9-10,18H,6-8H2,1-2H3,(H2,14,16). The first-order valence-corrected chi connectivity index (χ1v) is 6.31. The van der Waals surface area contributed by atoms with Crippen molar-refractivity contribution in [3.8, 4) is 0 Å². The summed E-state index contributed by atoms with van der Waals surface area (Å²) in [6.07, 6.45) is 1.18. The fraction of sp³-hybridized carbons (Fsp3) is 0.538. The molecule has 0 aliphatic carbocycles. The minimum atomic E-state index is 0.0512. The highest BCUT2D eigenvalue weighted by Gasteiger charge is 2.23. The fourth-order valence-corrected chi connectivity index (χ4v) is 2.26. The monoisotopic (exact) mass is 248 g/mol. The van der Waals surface area contributed by atoms with E-state index in [1.807, 2.05) is 12.1 Å². The summed E-state index contributed by atoms with van der Waals surface area (Å²) in [6, 6.07) is 5.60. The van der Waals surface area contributed by atoms with E-state index in [0.717, 1.165) is 24.8 Å². The summed E-state index contributed by atoms with van der Waals surface area (Å²) in [5.41, 5.74) is 6.08. The molecule has 0 spiro atoms. The summed E-state index contributed by atoms with van der Waals surface area (Å²) >= 11 is 0. The minimum Gasteiger partial charge on any atom is -0.409 e. The predicted octanol–water partition coefficient (Wildman–Crippen LogP) is 1.66. The molecule has 18 heavy (non-hydrogen) atoms. The van der Waals surface area contributed by atoms with Crippen LogP contribution in [0.4, 0.5) is 5.82 Å². The molecule has 1 aliphatic heterocycles. The zero-order chi connectivity index (χ0) is 13.1. The Morgan fingerprint density at radius 2 is 2.22 bits per heavy atom. The van der Waals surface area contributed by atoms with Crippen molar-refractivity contribution in [3.63, 3.8) is 0 Å². The number of hydrogen-bond acceptors (Lipinski definition) is 4. The number of nitrogens with zero attached hydrogens (tertiary/aromatic N) is 3. The molecule has 98 valence electrons. The molecule has 2 atom stereocenters. The maximum atomic E-state index is 8.68. The second-order valence-electron chi connectivity index (χ2n) is 5.06. The third-order valence-corrected chi connectivity index (χ3v) is 3.76. The normalized spacial score (nSPS) is 25.2. The first-order chi connectivity index (χ1) is 8.61. The highest BCUT2D eigenvalue weighted by Crippen LogP contribution is 2.25. The van der Waals surface area contributed by atoms with Crippen molar-refractivity contribution in [1.82, 2.24) is 4.98 Å². The molecule has 2 heterocycles. The van der Waals surface area contributed by atoms with Gasteiger partial charge in [0, 0.05) is 13.1 Å². The molecule has 1 aliphatic rings. The van der Waals surface area contributed by atoms with Gasteiger partial charge in [0.15, 0.2) is 5.84 Å². The first kappa shape index (κ1) is 12.7. The van der Waals surface area contributed by atoms with E-state index in [1.54, 1.807) is 6.07 Å². The Labute approximate surface area is 107 Å². The van der Waals surface area contributed by atoms with Crippen molar-refractivity contribution < 1.29 is 5.21 Å². The molecule has 1 aromatic rings. The molecule has 5 nitrogen and oxygen atoms in total. The van der Waals surface area contributed by atoms with Gasteiger partial charge in [-0.1, -0.05) is 25.1 Å². The summed E-state index contributed by atoms with van der Waals surface area (Å²) in [7, 11) is 0. The van der Waals surface area contributed by atoms with Crippen molar-refractivity contribution >= 4 is 11.7 Å². The summed E-state index contributed by atoms with van der Waals surface area (Å²) in [5.74, 6) is 2.37.